The van der Waals surface area contributed by atoms with Crippen LogP contribution in [0, 0.1) is 0 Å². The zero-order valence-electron chi connectivity index (χ0n) is 12.9. The largest absolute Gasteiger partial charge is 0.466 e. The van der Waals surface area contributed by atoms with Gasteiger partial charge in [0.2, 0.25) is 0 Å². The fourth-order valence-electron chi connectivity index (χ4n) is 1.63. The van der Waals surface area contributed by atoms with Crippen LogP contribution in [0.25, 0.3) is 0 Å². The summed E-state index contributed by atoms with van der Waals surface area (Å²) in [5.74, 6) is -0.0287. The first-order valence-electron chi connectivity index (χ1n) is 6.87. The Morgan fingerprint density at radius 3 is 2.55 bits per heavy atom. The van der Waals surface area contributed by atoms with Gasteiger partial charge in [0.15, 0.2) is 5.82 Å². The van der Waals surface area contributed by atoms with Crippen molar-refractivity contribution in [3.8, 4) is 0 Å². The maximum atomic E-state index is 11.4. The molecule has 2 rings (SSSR count). The van der Waals surface area contributed by atoms with E-state index in [9.17, 15) is 14.4 Å². The lowest BCUT2D eigenvalue weighted by molar-refractivity contribution is -0.145. The molecule has 1 aromatic rings. The van der Waals surface area contributed by atoms with Crippen molar-refractivity contribution in [2.45, 2.75) is 33.6 Å². The molecule has 22 heavy (non-hydrogen) atoms. The molecule has 0 aliphatic carbocycles. The number of amides is 1. The zero-order valence-corrected chi connectivity index (χ0v) is 12.9. The van der Waals surface area contributed by atoms with Gasteiger partial charge in [-0.1, -0.05) is 6.07 Å². The normalized spacial score (nSPS) is 13.1. The van der Waals surface area contributed by atoms with Gasteiger partial charge in [0.25, 0.3) is 5.91 Å². The number of ketones is 1. The lowest BCUT2D eigenvalue weighted by Gasteiger charge is -2.08. The van der Waals surface area contributed by atoms with Crippen molar-refractivity contribution in [3.05, 3.63) is 24.4 Å². The van der Waals surface area contributed by atoms with Crippen molar-refractivity contribution >= 4 is 29.2 Å². The van der Waals surface area contributed by atoms with E-state index >= 15 is 0 Å². The van der Waals surface area contributed by atoms with Gasteiger partial charge in [-0.05, 0) is 32.9 Å². The Balaban J connectivity index is 0.000000239. The maximum absolute atomic E-state index is 11.4. The zero-order chi connectivity index (χ0) is 16.5. The van der Waals surface area contributed by atoms with Crippen LogP contribution in [-0.4, -0.2) is 35.0 Å². The Morgan fingerprint density at radius 2 is 2.09 bits per heavy atom. The molecule has 7 nitrogen and oxygen atoms in total. The predicted molar refractivity (Wildman–Crippen MR) is 81.4 cm³/mol. The van der Waals surface area contributed by atoms with Gasteiger partial charge in [0.1, 0.15) is 12.2 Å². The van der Waals surface area contributed by atoms with Crippen LogP contribution in [0.2, 0.25) is 0 Å². The second-order valence-electron chi connectivity index (χ2n) is 4.59. The van der Waals surface area contributed by atoms with Crippen LogP contribution in [0.3, 0.4) is 0 Å². The third kappa shape index (κ3) is 5.82. The number of pyridine rings is 1. The lowest BCUT2D eigenvalue weighted by Crippen LogP contribution is -2.20. The van der Waals surface area contributed by atoms with E-state index in [0.717, 1.165) is 5.71 Å². The molecule has 0 aromatic carbocycles. The molecule has 1 aliphatic rings. The topological polar surface area (TPSA) is 88.9 Å². The van der Waals surface area contributed by atoms with E-state index < -0.39 is 5.97 Å². The van der Waals surface area contributed by atoms with Gasteiger partial charge in [0.05, 0.1) is 13.0 Å². The van der Waals surface area contributed by atoms with Crippen LogP contribution in [0.4, 0.5) is 5.82 Å². The van der Waals surface area contributed by atoms with Crippen molar-refractivity contribution < 1.29 is 19.1 Å². The molecular formula is C15H19N3O4. The van der Waals surface area contributed by atoms with Gasteiger partial charge in [0, 0.05) is 11.9 Å². The highest BCUT2D eigenvalue weighted by molar-refractivity contribution is 6.11. The standard InChI is InChI=1S/C9H9N3O.C6H10O3/c1-7-6-9(13)12(11-7)8-4-2-3-5-10-8;1-3-9-6(8)4-5(2)7/h2-5H,6H2,1H3;3-4H2,1-2H3. The molecule has 0 radical (unpaired) electrons. The van der Waals surface area contributed by atoms with Crippen LogP contribution >= 0.6 is 0 Å². The smallest absolute Gasteiger partial charge is 0.313 e. The Hall–Kier alpha value is -2.57. The van der Waals surface area contributed by atoms with E-state index in [1.807, 2.05) is 13.0 Å². The molecule has 0 unspecified atom stereocenters. The summed E-state index contributed by atoms with van der Waals surface area (Å²) in [6, 6.07) is 5.40. The molecule has 0 fully saturated rings. The molecule has 0 saturated heterocycles. The van der Waals surface area contributed by atoms with Gasteiger partial charge in [-0.25, -0.2) is 4.98 Å². The summed E-state index contributed by atoms with van der Waals surface area (Å²) >= 11 is 0. The number of hydrogen-bond acceptors (Lipinski definition) is 6. The Bertz CT molecular complexity index is 569. The van der Waals surface area contributed by atoms with Crippen molar-refractivity contribution in [1.29, 1.82) is 0 Å². The summed E-state index contributed by atoms with van der Waals surface area (Å²) in [5.41, 5.74) is 0.829. The summed E-state index contributed by atoms with van der Waals surface area (Å²) < 4.78 is 4.49. The van der Waals surface area contributed by atoms with Crippen LogP contribution in [0.15, 0.2) is 29.5 Å². The molecule has 0 atom stereocenters. The minimum absolute atomic E-state index is 0.0174. The highest BCUT2D eigenvalue weighted by Gasteiger charge is 2.22. The highest BCUT2D eigenvalue weighted by Crippen LogP contribution is 2.16. The van der Waals surface area contributed by atoms with Gasteiger partial charge < -0.3 is 4.74 Å². The minimum Gasteiger partial charge on any atom is -0.466 e. The quantitative estimate of drug-likeness (QED) is 0.624. The number of Topliss-reactive ketones (excluding diaryl/α,β-unsaturated/α-hetero) is 1. The minimum atomic E-state index is -0.440. The number of carbonyl (C=O) groups is 3. The number of nitrogens with zero attached hydrogens (tertiary/aromatic N) is 3. The summed E-state index contributed by atoms with van der Waals surface area (Å²) in [6.07, 6.45) is 1.94. The number of ether oxygens (including phenoxy) is 1. The third-order valence-corrected chi connectivity index (χ3v) is 2.48. The van der Waals surface area contributed by atoms with Crippen molar-refractivity contribution in [2.24, 2.45) is 5.10 Å². The first kappa shape index (κ1) is 17.5. The average molecular weight is 305 g/mol. The summed E-state index contributed by atoms with van der Waals surface area (Å²) in [7, 11) is 0. The van der Waals surface area contributed by atoms with Crippen molar-refractivity contribution in [2.75, 3.05) is 11.6 Å². The number of hydrogen-bond donors (Lipinski definition) is 0. The third-order valence-electron chi connectivity index (χ3n) is 2.48. The first-order chi connectivity index (χ1) is 10.4. The highest BCUT2D eigenvalue weighted by atomic mass is 16.5. The van der Waals surface area contributed by atoms with E-state index in [2.05, 4.69) is 14.8 Å². The van der Waals surface area contributed by atoms with Gasteiger partial charge in [-0.15, -0.1) is 0 Å². The summed E-state index contributed by atoms with van der Waals surface area (Å²) in [6.45, 7) is 5.24. The first-order valence-corrected chi connectivity index (χ1v) is 6.87. The van der Waals surface area contributed by atoms with Crippen LogP contribution < -0.4 is 5.01 Å². The van der Waals surface area contributed by atoms with E-state index in [1.165, 1.54) is 11.9 Å². The van der Waals surface area contributed by atoms with E-state index in [0.29, 0.717) is 18.8 Å². The number of esters is 1. The Kier molecular flexibility index (Phi) is 6.88. The van der Waals surface area contributed by atoms with Crippen LogP contribution in [0.1, 0.15) is 33.6 Å². The predicted octanol–water partition coefficient (Wildman–Crippen LogP) is 1.72. The molecule has 0 saturated carbocycles. The van der Waals surface area contributed by atoms with Gasteiger partial charge in [-0.3, -0.25) is 14.4 Å². The molecule has 1 aromatic heterocycles. The molecule has 2 heterocycles. The SMILES string of the molecule is CC1=NN(c2ccccn2)C(=O)C1.CCOC(=O)CC(C)=O. The molecule has 118 valence electrons. The molecular weight excluding hydrogens is 286 g/mol. The van der Waals surface area contributed by atoms with E-state index in [4.69, 9.17) is 0 Å². The summed E-state index contributed by atoms with van der Waals surface area (Å²) in [4.78, 5) is 36.0. The maximum Gasteiger partial charge on any atom is 0.313 e. The van der Waals surface area contributed by atoms with Crippen LogP contribution in [0.5, 0.6) is 0 Å². The number of aromatic nitrogens is 1. The van der Waals surface area contributed by atoms with Crippen LogP contribution in [-0.2, 0) is 19.1 Å². The van der Waals surface area contributed by atoms with E-state index in [1.54, 1.807) is 25.3 Å². The van der Waals surface area contributed by atoms with Crippen molar-refractivity contribution in [1.82, 2.24) is 4.98 Å². The molecule has 0 spiro atoms. The lowest BCUT2D eigenvalue weighted by atomic mass is 10.3. The Morgan fingerprint density at radius 1 is 1.36 bits per heavy atom. The number of anilines is 1. The number of carbonyl (C=O) groups excluding carboxylic acids is 3. The summed E-state index contributed by atoms with van der Waals surface area (Å²) in [5, 5.41) is 5.42. The number of hydrazone groups is 1. The van der Waals surface area contributed by atoms with Gasteiger partial charge in [-0.2, -0.15) is 10.1 Å². The van der Waals surface area contributed by atoms with E-state index in [-0.39, 0.29) is 18.1 Å². The fourth-order valence-corrected chi connectivity index (χ4v) is 1.63. The van der Waals surface area contributed by atoms with Crippen molar-refractivity contribution in [3.63, 3.8) is 0 Å². The molecule has 1 amide bonds. The molecule has 1 aliphatic heterocycles. The second-order valence-corrected chi connectivity index (χ2v) is 4.59. The monoisotopic (exact) mass is 305 g/mol. The second kappa shape index (κ2) is 8.66. The molecule has 7 heteroatoms. The van der Waals surface area contributed by atoms with Gasteiger partial charge >= 0.3 is 5.97 Å². The fraction of sp³-hybridized carbons (Fsp3) is 0.400. The molecule has 0 bridgehead atoms. The number of rotatable bonds is 4. The Labute approximate surface area is 129 Å². The average Bonchev–Trinajstić information content (AvgIpc) is 2.79. The molecule has 0 N–H and O–H groups in total.